The van der Waals surface area contributed by atoms with Crippen LogP contribution in [-0.2, 0) is 16.7 Å². The Kier molecular flexibility index (Phi) is 8.12. The van der Waals surface area contributed by atoms with Gasteiger partial charge in [-0.25, -0.2) is 4.79 Å². The van der Waals surface area contributed by atoms with E-state index >= 15 is 0 Å². The van der Waals surface area contributed by atoms with Gasteiger partial charge in [0.15, 0.2) is 0 Å². The van der Waals surface area contributed by atoms with Crippen LogP contribution in [0.3, 0.4) is 0 Å². The number of pyridine rings is 1. The molecule has 3 rings (SSSR count). The van der Waals surface area contributed by atoms with Gasteiger partial charge in [0, 0.05) is 22.9 Å². The van der Waals surface area contributed by atoms with Crippen molar-refractivity contribution in [3.63, 3.8) is 0 Å². The second-order valence-electron chi connectivity index (χ2n) is 10.9. The van der Waals surface area contributed by atoms with Crippen molar-refractivity contribution in [1.29, 1.82) is 0 Å². The highest BCUT2D eigenvalue weighted by atomic mass is 32.2. The van der Waals surface area contributed by atoms with Crippen LogP contribution in [0.2, 0.25) is 0 Å². The third-order valence-corrected chi connectivity index (χ3v) is 7.05. The van der Waals surface area contributed by atoms with Crippen molar-refractivity contribution in [2.24, 2.45) is 11.3 Å². The number of rotatable bonds is 7. The Hall–Kier alpha value is -3.54. The second kappa shape index (κ2) is 10.6. The number of amides is 1. The van der Waals surface area contributed by atoms with Gasteiger partial charge in [-0.3, -0.25) is 4.79 Å². The SMILES string of the molecule is Cc1ccc(-c2c(C(NC(=O)O)C(C)(C)C)n(CC(C)C)c(=O)c3ccc(OS(=O)(=O)C(F)(F)F)cc23)cc1. The Morgan fingerprint density at radius 1 is 1.05 bits per heavy atom. The van der Waals surface area contributed by atoms with E-state index in [0.717, 1.165) is 17.7 Å². The fourth-order valence-corrected chi connectivity index (χ4v) is 4.81. The van der Waals surface area contributed by atoms with E-state index < -0.39 is 44.5 Å². The van der Waals surface area contributed by atoms with E-state index in [4.69, 9.17) is 0 Å². The van der Waals surface area contributed by atoms with E-state index in [9.17, 15) is 36.3 Å². The first-order valence-corrected chi connectivity index (χ1v) is 13.5. The molecule has 0 fully saturated rings. The molecule has 1 heterocycles. The van der Waals surface area contributed by atoms with Gasteiger partial charge in [0.2, 0.25) is 0 Å². The summed E-state index contributed by atoms with van der Waals surface area (Å²) < 4.78 is 68.5. The average molecular weight is 569 g/mol. The predicted molar refractivity (Wildman–Crippen MR) is 142 cm³/mol. The maximum Gasteiger partial charge on any atom is 0.534 e. The van der Waals surface area contributed by atoms with Gasteiger partial charge in [-0.15, -0.1) is 0 Å². The Morgan fingerprint density at radius 2 is 1.64 bits per heavy atom. The number of benzene rings is 2. The van der Waals surface area contributed by atoms with Crippen LogP contribution in [0.4, 0.5) is 18.0 Å². The second-order valence-corrected chi connectivity index (χ2v) is 12.4. The zero-order chi connectivity index (χ0) is 29.5. The third kappa shape index (κ3) is 6.38. The number of nitrogens with zero attached hydrogens (tertiary/aromatic N) is 1. The molecule has 1 aromatic heterocycles. The Labute approximate surface area is 224 Å². The quantitative estimate of drug-likeness (QED) is 0.259. The molecule has 8 nitrogen and oxygen atoms in total. The Morgan fingerprint density at radius 3 is 2.13 bits per heavy atom. The minimum atomic E-state index is -5.98. The van der Waals surface area contributed by atoms with E-state index in [1.54, 1.807) is 45.0 Å². The van der Waals surface area contributed by atoms with Crippen molar-refractivity contribution >= 4 is 27.0 Å². The van der Waals surface area contributed by atoms with E-state index in [1.807, 2.05) is 20.8 Å². The van der Waals surface area contributed by atoms with E-state index in [1.165, 1.54) is 10.6 Å². The molecular weight excluding hydrogens is 537 g/mol. The molecule has 3 aromatic rings. The van der Waals surface area contributed by atoms with E-state index in [2.05, 4.69) is 9.50 Å². The molecule has 212 valence electrons. The number of carboxylic acid groups (broad SMARTS) is 1. The summed E-state index contributed by atoms with van der Waals surface area (Å²) in [6.07, 6.45) is -1.33. The van der Waals surface area contributed by atoms with E-state index in [0.29, 0.717) is 16.8 Å². The average Bonchev–Trinajstić information content (AvgIpc) is 2.78. The van der Waals surface area contributed by atoms with Gasteiger partial charge < -0.3 is 19.2 Å². The standard InChI is InChI=1S/C27H31F3N2O6S/c1-15(2)14-32-22(23(26(4,5)6)31-25(34)35)21(17-9-7-16(3)8-10-17)20-13-18(11-12-19(20)24(32)33)38-39(36,37)27(28,29)30/h7-13,15,23,31H,14H2,1-6H3,(H,34,35). The fraction of sp³-hybridized carbons (Fsp3) is 0.407. The number of hydrogen-bond donors (Lipinski definition) is 2. The summed E-state index contributed by atoms with van der Waals surface area (Å²) >= 11 is 0. The molecule has 2 aromatic carbocycles. The van der Waals surface area contributed by atoms with Crippen molar-refractivity contribution in [3.05, 3.63) is 64.1 Å². The third-order valence-electron chi connectivity index (χ3n) is 6.07. The largest absolute Gasteiger partial charge is 0.534 e. The summed E-state index contributed by atoms with van der Waals surface area (Å²) in [5, 5.41) is 12.5. The molecule has 0 saturated heterocycles. The van der Waals surface area contributed by atoms with Crippen molar-refractivity contribution in [2.45, 2.75) is 59.6 Å². The van der Waals surface area contributed by atoms with Crippen molar-refractivity contribution < 1.29 is 35.7 Å². The number of carbonyl (C=O) groups is 1. The normalized spacial score (nSPS) is 13.5. The molecule has 1 amide bonds. The summed E-state index contributed by atoms with van der Waals surface area (Å²) in [6.45, 7) is 11.2. The number of nitrogens with one attached hydrogen (secondary N) is 1. The fourth-order valence-electron chi connectivity index (χ4n) is 4.36. The number of halogens is 3. The first-order valence-electron chi connectivity index (χ1n) is 12.1. The van der Waals surface area contributed by atoms with E-state index in [-0.39, 0.29) is 23.2 Å². The molecule has 12 heteroatoms. The molecule has 0 bridgehead atoms. The zero-order valence-electron chi connectivity index (χ0n) is 22.4. The predicted octanol–water partition coefficient (Wildman–Crippen LogP) is 6.22. The smallest absolute Gasteiger partial charge is 0.465 e. The highest BCUT2D eigenvalue weighted by molar-refractivity contribution is 7.88. The topological polar surface area (TPSA) is 115 Å². The van der Waals surface area contributed by atoms with Crippen LogP contribution in [-0.4, -0.2) is 29.7 Å². The number of aryl methyl sites for hydroxylation is 1. The van der Waals surface area contributed by atoms with Gasteiger partial charge in [-0.05, 0) is 42.0 Å². The van der Waals surface area contributed by atoms with Gasteiger partial charge in [-0.2, -0.15) is 21.6 Å². The van der Waals surface area contributed by atoms with Crippen LogP contribution in [0, 0.1) is 18.3 Å². The lowest BCUT2D eigenvalue weighted by atomic mass is 9.80. The molecule has 0 aliphatic rings. The summed E-state index contributed by atoms with van der Waals surface area (Å²) in [5.74, 6) is -0.673. The number of hydrogen-bond acceptors (Lipinski definition) is 5. The Bertz CT molecular complexity index is 1550. The molecule has 0 spiro atoms. The molecule has 1 unspecified atom stereocenters. The maximum absolute atomic E-state index is 13.8. The Balaban J connectivity index is 2.56. The summed E-state index contributed by atoms with van der Waals surface area (Å²) in [5.41, 5.74) is -4.78. The molecule has 39 heavy (non-hydrogen) atoms. The molecular formula is C27H31F3N2O6S. The molecule has 2 N–H and O–H groups in total. The van der Waals surface area contributed by atoms with Crippen LogP contribution in [0.15, 0.2) is 47.3 Å². The maximum atomic E-state index is 13.8. The summed E-state index contributed by atoms with van der Waals surface area (Å²) in [4.78, 5) is 25.8. The van der Waals surface area contributed by atoms with Crippen LogP contribution in [0.25, 0.3) is 21.9 Å². The molecule has 1 atom stereocenters. The summed E-state index contributed by atoms with van der Waals surface area (Å²) in [7, 11) is -5.98. The number of alkyl halides is 3. The minimum absolute atomic E-state index is 0.0326. The van der Waals surface area contributed by atoms with Crippen LogP contribution in [0.5, 0.6) is 5.75 Å². The zero-order valence-corrected chi connectivity index (χ0v) is 23.2. The van der Waals surface area contributed by atoms with Gasteiger partial charge in [0.1, 0.15) is 5.75 Å². The molecule has 0 aliphatic heterocycles. The van der Waals surface area contributed by atoms with Gasteiger partial charge in [0.25, 0.3) is 5.56 Å². The first kappa shape index (κ1) is 30.0. The highest BCUT2D eigenvalue weighted by Crippen LogP contribution is 2.42. The van der Waals surface area contributed by atoms with Crippen molar-refractivity contribution in [3.8, 4) is 16.9 Å². The monoisotopic (exact) mass is 568 g/mol. The number of fused-ring (bicyclic) bond motifs is 1. The van der Waals surface area contributed by atoms with Gasteiger partial charge in [-0.1, -0.05) is 64.4 Å². The molecule has 0 aliphatic carbocycles. The van der Waals surface area contributed by atoms with Gasteiger partial charge >= 0.3 is 21.7 Å². The van der Waals surface area contributed by atoms with Crippen LogP contribution >= 0.6 is 0 Å². The molecule has 0 saturated carbocycles. The highest BCUT2D eigenvalue weighted by Gasteiger charge is 2.48. The van der Waals surface area contributed by atoms with Crippen molar-refractivity contribution in [1.82, 2.24) is 9.88 Å². The first-order chi connectivity index (χ1) is 17.8. The van der Waals surface area contributed by atoms with Crippen LogP contribution < -0.4 is 15.1 Å². The van der Waals surface area contributed by atoms with Crippen molar-refractivity contribution in [2.75, 3.05) is 0 Å². The number of aromatic nitrogens is 1. The molecule has 0 radical (unpaired) electrons. The summed E-state index contributed by atoms with van der Waals surface area (Å²) in [6, 6.07) is 9.43. The lowest BCUT2D eigenvalue weighted by Gasteiger charge is -2.35. The lowest BCUT2D eigenvalue weighted by molar-refractivity contribution is -0.0500. The van der Waals surface area contributed by atoms with Gasteiger partial charge in [0.05, 0.1) is 11.7 Å². The van der Waals surface area contributed by atoms with Crippen LogP contribution in [0.1, 0.15) is 51.9 Å². The minimum Gasteiger partial charge on any atom is -0.465 e. The lowest BCUT2D eigenvalue weighted by Crippen LogP contribution is -2.40.